The van der Waals surface area contributed by atoms with Crippen LogP contribution >= 0.6 is 11.3 Å². The zero-order chi connectivity index (χ0) is 11.8. The third kappa shape index (κ3) is 1.78. The van der Waals surface area contributed by atoms with E-state index >= 15 is 0 Å². The molecule has 0 unspecified atom stereocenters. The number of thiophene rings is 1. The predicted molar refractivity (Wildman–Crippen MR) is 70.5 cm³/mol. The van der Waals surface area contributed by atoms with Crippen LogP contribution in [0.4, 0.5) is 0 Å². The van der Waals surface area contributed by atoms with Gasteiger partial charge in [-0.15, -0.1) is 0 Å². The molecule has 3 heteroatoms. The van der Waals surface area contributed by atoms with E-state index in [2.05, 4.69) is 0 Å². The van der Waals surface area contributed by atoms with Crippen LogP contribution in [-0.4, -0.2) is 0 Å². The number of aryl methyl sites for hydroxylation is 1. The maximum atomic E-state index is 12.0. The summed E-state index contributed by atoms with van der Waals surface area (Å²) in [5, 5.41) is 4.58. The Hall–Kier alpha value is -1.87. The molecule has 0 saturated heterocycles. The molecule has 0 saturated carbocycles. The maximum Gasteiger partial charge on any atom is 0.193 e. The Morgan fingerprint density at radius 2 is 2.06 bits per heavy atom. The van der Waals surface area contributed by atoms with E-state index in [0.29, 0.717) is 16.7 Å². The molecule has 0 bridgehead atoms. The van der Waals surface area contributed by atoms with Crippen molar-refractivity contribution in [2.75, 3.05) is 0 Å². The Balaban J connectivity index is 2.32. The molecule has 2 nitrogen and oxygen atoms in total. The quantitative estimate of drug-likeness (QED) is 0.649. The van der Waals surface area contributed by atoms with Gasteiger partial charge in [-0.05, 0) is 30.5 Å². The fraction of sp³-hybridized carbons (Fsp3) is 0.0714. The summed E-state index contributed by atoms with van der Waals surface area (Å²) in [6, 6.07) is 9.16. The normalized spacial score (nSPS) is 10.9. The first-order chi connectivity index (χ1) is 8.24. The van der Waals surface area contributed by atoms with Gasteiger partial charge in [0.2, 0.25) is 0 Å². The first-order valence-electron chi connectivity index (χ1n) is 5.31. The fourth-order valence-corrected chi connectivity index (χ4v) is 2.46. The van der Waals surface area contributed by atoms with Gasteiger partial charge in [-0.1, -0.05) is 11.6 Å². The maximum absolute atomic E-state index is 12.0. The van der Waals surface area contributed by atoms with Crippen molar-refractivity contribution in [3.8, 4) is 11.3 Å². The van der Waals surface area contributed by atoms with Crippen LogP contribution in [0.25, 0.3) is 22.3 Å². The van der Waals surface area contributed by atoms with E-state index in [-0.39, 0.29) is 5.43 Å². The number of benzene rings is 1. The second-order valence-corrected chi connectivity index (χ2v) is 4.77. The van der Waals surface area contributed by atoms with Crippen LogP contribution in [0.2, 0.25) is 0 Å². The molecule has 0 aliphatic heterocycles. The Morgan fingerprint density at radius 1 is 1.18 bits per heavy atom. The highest BCUT2D eigenvalue weighted by atomic mass is 32.1. The van der Waals surface area contributed by atoms with Crippen LogP contribution in [0.15, 0.2) is 50.3 Å². The lowest BCUT2D eigenvalue weighted by Gasteiger charge is -2.01. The van der Waals surface area contributed by atoms with E-state index in [0.717, 1.165) is 11.1 Å². The van der Waals surface area contributed by atoms with Crippen LogP contribution < -0.4 is 5.43 Å². The lowest BCUT2D eigenvalue weighted by atomic mass is 10.1. The molecule has 0 aliphatic rings. The average molecular weight is 242 g/mol. The molecule has 2 heterocycles. The molecular formula is C14H10O2S. The van der Waals surface area contributed by atoms with Crippen molar-refractivity contribution in [2.45, 2.75) is 6.92 Å². The van der Waals surface area contributed by atoms with Crippen molar-refractivity contribution >= 4 is 22.3 Å². The van der Waals surface area contributed by atoms with Crippen LogP contribution in [0.3, 0.4) is 0 Å². The number of fused-ring (bicyclic) bond motifs is 1. The summed E-state index contributed by atoms with van der Waals surface area (Å²) in [5.74, 6) is 0.632. The molecule has 0 aliphatic carbocycles. The molecule has 0 fully saturated rings. The molecule has 3 aromatic rings. The number of rotatable bonds is 1. The zero-order valence-electron chi connectivity index (χ0n) is 9.27. The van der Waals surface area contributed by atoms with E-state index < -0.39 is 0 Å². The highest BCUT2D eigenvalue weighted by molar-refractivity contribution is 7.08. The minimum absolute atomic E-state index is 0.0103. The minimum Gasteiger partial charge on any atom is -0.456 e. The molecular weight excluding hydrogens is 232 g/mol. The largest absolute Gasteiger partial charge is 0.456 e. The SMILES string of the molecule is Cc1ccc2oc(-c3ccsc3)cc(=O)c2c1. The summed E-state index contributed by atoms with van der Waals surface area (Å²) in [4.78, 5) is 12.0. The van der Waals surface area contributed by atoms with Gasteiger partial charge in [0.25, 0.3) is 0 Å². The first kappa shape index (κ1) is 10.3. The van der Waals surface area contributed by atoms with Crippen LogP contribution in [-0.2, 0) is 0 Å². The second kappa shape index (κ2) is 3.86. The lowest BCUT2D eigenvalue weighted by molar-refractivity contribution is 0.619. The highest BCUT2D eigenvalue weighted by Crippen LogP contribution is 2.24. The van der Waals surface area contributed by atoms with Crippen molar-refractivity contribution < 1.29 is 4.42 Å². The highest BCUT2D eigenvalue weighted by Gasteiger charge is 2.06. The van der Waals surface area contributed by atoms with Gasteiger partial charge < -0.3 is 4.42 Å². The topological polar surface area (TPSA) is 30.2 Å². The fourth-order valence-electron chi connectivity index (χ4n) is 1.82. The van der Waals surface area contributed by atoms with Gasteiger partial charge >= 0.3 is 0 Å². The molecule has 0 amide bonds. The summed E-state index contributed by atoms with van der Waals surface area (Å²) in [6.45, 7) is 1.96. The zero-order valence-corrected chi connectivity index (χ0v) is 10.1. The molecule has 2 aromatic heterocycles. The molecule has 0 radical (unpaired) electrons. The lowest BCUT2D eigenvalue weighted by Crippen LogP contribution is -2.00. The summed E-state index contributed by atoms with van der Waals surface area (Å²) < 4.78 is 5.75. The van der Waals surface area contributed by atoms with Crippen molar-refractivity contribution in [3.63, 3.8) is 0 Å². The van der Waals surface area contributed by atoms with E-state index in [4.69, 9.17) is 4.42 Å². The third-order valence-electron chi connectivity index (χ3n) is 2.69. The monoisotopic (exact) mass is 242 g/mol. The van der Waals surface area contributed by atoms with Crippen molar-refractivity contribution in [1.29, 1.82) is 0 Å². The molecule has 3 rings (SSSR count). The molecule has 1 aromatic carbocycles. The first-order valence-corrected chi connectivity index (χ1v) is 6.25. The van der Waals surface area contributed by atoms with Gasteiger partial charge in [-0.3, -0.25) is 4.79 Å². The van der Waals surface area contributed by atoms with Gasteiger partial charge in [0, 0.05) is 17.0 Å². The van der Waals surface area contributed by atoms with Gasteiger partial charge in [0.1, 0.15) is 11.3 Å². The Kier molecular flexibility index (Phi) is 2.34. The predicted octanol–water partition coefficient (Wildman–Crippen LogP) is 3.83. The van der Waals surface area contributed by atoms with E-state index in [9.17, 15) is 4.79 Å². The summed E-state index contributed by atoms with van der Waals surface area (Å²) >= 11 is 1.59. The number of hydrogen-bond acceptors (Lipinski definition) is 3. The van der Waals surface area contributed by atoms with Crippen LogP contribution in [0, 0.1) is 6.92 Å². The molecule has 0 atom stereocenters. The van der Waals surface area contributed by atoms with Crippen LogP contribution in [0.1, 0.15) is 5.56 Å². The Labute approximate surface area is 102 Å². The summed E-state index contributed by atoms with van der Waals surface area (Å²) in [5.41, 5.74) is 2.67. The summed E-state index contributed by atoms with van der Waals surface area (Å²) in [7, 11) is 0. The smallest absolute Gasteiger partial charge is 0.193 e. The van der Waals surface area contributed by atoms with Crippen molar-refractivity contribution in [2.24, 2.45) is 0 Å². The average Bonchev–Trinajstić information content (AvgIpc) is 2.83. The minimum atomic E-state index is 0.0103. The van der Waals surface area contributed by atoms with Crippen molar-refractivity contribution in [1.82, 2.24) is 0 Å². The standard InChI is InChI=1S/C14H10O2S/c1-9-2-3-13-11(6-9)12(15)7-14(16-13)10-4-5-17-8-10/h2-8H,1H3. The van der Waals surface area contributed by atoms with Gasteiger partial charge in [-0.2, -0.15) is 11.3 Å². The molecule has 0 N–H and O–H groups in total. The second-order valence-electron chi connectivity index (χ2n) is 3.99. The van der Waals surface area contributed by atoms with E-state index in [1.807, 2.05) is 41.9 Å². The van der Waals surface area contributed by atoms with Crippen molar-refractivity contribution in [3.05, 3.63) is 56.9 Å². The van der Waals surface area contributed by atoms with E-state index in [1.54, 1.807) is 17.4 Å². The third-order valence-corrected chi connectivity index (χ3v) is 3.37. The van der Waals surface area contributed by atoms with Crippen LogP contribution in [0.5, 0.6) is 0 Å². The van der Waals surface area contributed by atoms with Gasteiger partial charge in [0.15, 0.2) is 5.43 Å². The Bertz CT molecular complexity index is 724. The molecule has 84 valence electrons. The van der Waals surface area contributed by atoms with Gasteiger partial charge in [0.05, 0.1) is 5.39 Å². The number of hydrogen-bond donors (Lipinski definition) is 0. The molecule has 17 heavy (non-hydrogen) atoms. The van der Waals surface area contributed by atoms with E-state index in [1.165, 1.54) is 0 Å². The van der Waals surface area contributed by atoms with Gasteiger partial charge in [-0.25, -0.2) is 0 Å². The molecule has 0 spiro atoms. The Morgan fingerprint density at radius 3 is 2.82 bits per heavy atom. The summed E-state index contributed by atoms with van der Waals surface area (Å²) in [6.07, 6.45) is 0.